The van der Waals surface area contributed by atoms with Crippen molar-refractivity contribution in [3.05, 3.63) is 35.1 Å². The van der Waals surface area contributed by atoms with Crippen molar-refractivity contribution in [1.29, 1.82) is 0 Å². The van der Waals surface area contributed by atoms with Crippen LogP contribution < -0.4 is 0 Å². The number of rotatable bonds is 6. The Morgan fingerprint density at radius 1 is 1.47 bits per heavy atom. The van der Waals surface area contributed by atoms with Crippen LogP contribution >= 0.6 is 23.4 Å². The quantitative estimate of drug-likeness (QED) is 0.887. The minimum atomic E-state index is 0.201. The number of aliphatic hydroxyl groups is 1. The van der Waals surface area contributed by atoms with Gasteiger partial charge in [0.2, 0.25) is 0 Å². The molecule has 0 saturated carbocycles. The maximum Gasteiger partial charge on any atom is 0.258 e. The van der Waals surface area contributed by atoms with E-state index in [1.165, 1.54) is 0 Å². The number of halogens is 1. The zero-order valence-electron chi connectivity index (χ0n) is 10.5. The predicted octanol–water partition coefficient (Wildman–Crippen LogP) is 3.25. The Bertz CT molecular complexity index is 533. The maximum atomic E-state index is 8.94. The fourth-order valence-electron chi connectivity index (χ4n) is 1.46. The highest BCUT2D eigenvalue weighted by Gasteiger charge is 2.09. The molecule has 2 aromatic rings. The standard InChI is InChI=1S/C13H15ClN2O2S/c1-9(6-17)7-19-8-12-15-13(18-16-12)10-3-2-4-11(14)5-10/h2-5,9,17H,6-8H2,1H3. The first-order valence-electron chi connectivity index (χ1n) is 5.96. The zero-order chi connectivity index (χ0) is 13.7. The lowest BCUT2D eigenvalue weighted by molar-refractivity contribution is 0.250. The Hall–Kier alpha value is -1.04. The van der Waals surface area contributed by atoms with E-state index in [9.17, 15) is 0 Å². The molecule has 0 aliphatic heterocycles. The van der Waals surface area contributed by atoms with Crippen molar-refractivity contribution >= 4 is 23.4 Å². The molecule has 0 aliphatic rings. The summed E-state index contributed by atoms with van der Waals surface area (Å²) in [5, 5.41) is 13.5. The molecule has 0 saturated heterocycles. The molecule has 19 heavy (non-hydrogen) atoms. The highest BCUT2D eigenvalue weighted by Crippen LogP contribution is 2.22. The lowest BCUT2D eigenvalue weighted by atomic mass is 10.2. The Morgan fingerprint density at radius 2 is 2.32 bits per heavy atom. The number of hydrogen-bond acceptors (Lipinski definition) is 5. The van der Waals surface area contributed by atoms with Gasteiger partial charge in [0, 0.05) is 17.2 Å². The van der Waals surface area contributed by atoms with Crippen LogP contribution in [0.3, 0.4) is 0 Å². The summed E-state index contributed by atoms with van der Waals surface area (Å²) in [4.78, 5) is 4.32. The highest BCUT2D eigenvalue weighted by atomic mass is 35.5. The second-order valence-corrected chi connectivity index (χ2v) is 5.80. The predicted molar refractivity (Wildman–Crippen MR) is 77.2 cm³/mol. The Morgan fingerprint density at radius 3 is 3.05 bits per heavy atom. The van der Waals surface area contributed by atoms with Gasteiger partial charge < -0.3 is 9.63 Å². The number of hydrogen-bond donors (Lipinski definition) is 1. The van der Waals surface area contributed by atoms with Crippen molar-refractivity contribution in [2.75, 3.05) is 12.4 Å². The molecule has 2 rings (SSSR count). The third-order valence-corrected chi connectivity index (χ3v) is 3.99. The van der Waals surface area contributed by atoms with Crippen molar-refractivity contribution in [3.63, 3.8) is 0 Å². The van der Waals surface area contributed by atoms with Gasteiger partial charge in [-0.15, -0.1) is 0 Å². The van der Waals surface area contributed by atoms with Gasteiger partial charge in [0.05, 0.1) is 5.75 Å². The first-order chi connectivity index (χ1) is 9.19. The van der Waals surface area contributed by atoms with Gasteiger partial charge in [-0.2, -0.15) is 16.7 Å². The Balaban J connectivity index is 1.95. The topological polar surface area (TPSA) is 59.2 Å². The largest absolute Gasteiger partial charge is 0.396 e. The van der Waals surface area contributed by atoms with Crippen LogP contribution in [-0.2, 0) is 5.75 Å². The molecule has 1 aromatic heterocycles. The first-order valence-corrected chi connectivity index (χ1v) is 7.49. The minimum absolute atomic E-state index is 0.201. The van der Waals surface area contributed by atoms with Crippen LogP contribution in [0, 0.1) is 5.92 Å². The highest BCUT2D eigenvalue weighted by molar-refractivity contribution is 7.98. The van der Waals surface area contributed by atoms with Gasteiger partial charge in [-0.1, -0.05) is 29.7 Å². The smallest absolute Gasteiger partial charge is 0.258 e. The molecule has 4 nitrogen and oxygen atoms in total. The summed E-state index contributed by atoms with van der Waals surface area (Å²) < 4.78 is 5.21. The summed E-state index contributed by atoms with van der Waals surface area (Å²) in [6.07, 6.45) is 0. The van der Waals surface area contributed by atoms with Gasteiger partial charge >= 0.3 is 0 Å². The van der Waals surface area contributed by atoms with Crippen molar-refractivity contribution in [3.8, 4) is 11.5 Å². The van der Waals surface area contributed by atoms with Gasteiger partial charge in [-0.05, 0) is 29.9 Å². The van der Waals surface area contributed by atoms with E-state index in [1.807, 2.05) is 19.1 Å². The lowest BCUT2D eigenvalue weighted by Gasteiger charge is -2.04. The van der Waals surface area contributed by atoms with E-state index in [0.717, 1.165) is 11.3 Å². The summed E-state index contributed by atoms with van der Waals surface area (Å²) in [6, 6.07) is 7.32. The van der Waals surface area contributed by atoms with Gasteiger partial charge in [-0.3, -0.25) is 0 Å². The molecule has 0 bridgehead atoms. The van der Waals surface area contributed by atoms with Crippen LogP contribution in [0.2, 0.25) is 5.02 Å². The molecule has 0 fully saturated rings. The van der Waals surface area contributed by atoms with E-state index >= 15 is 0 Å². The average molecular weight is 299 g/mol. The maximum absolute atomic E-state index is 8.94. The van der Waals surface area contributed by atoms with E-state index in [1.54, 1.807) is 23.9 Å². The van der Waals surface area contributed by atoms with Gasteiger partial charge in [0.1, 0.15) is 0 Å². The van der Waals surface area contributed by atoms with Crippen LogP contribution in [0.15, 0.2) is 28.8 Å². The molecular weight excluding hydrogens is 284 g/mol. The van der Waals surface area contributed by atoms with Gasteiger partial charge in [0.25, 0.3) is 5.89 Å². The molecule has 1 unspecified atom stereocenters. The molecule has 1 heterocycles. The van der Waals surface area contributed by atoms with Crippen molar-refractivity contribution in [2.24, 2.45) is 5.92 Å². The second kappa shape index (κ2) is 6.93. The van der Waals surface area contributed by atoms with Crippen LogP contribution in [0.1, 0.15) is 12.7 Å². The first kappa shape index (κ1) is 14.4. The SMILES string of the molecule is CC(CO)CSCc1noc(-c2cccc(Cl)c2)n1. The van der Waals surface area contributed by atoms with Crippen LogP contribution in [-0.4, -0.2) is 27.6 Å². The summed E-state index contributed by atoms with van der Waals surface area (Å²) in [6.45, 7) is 2.20. The molecule has 1 atom stereocenters. The van der Waals surface area contributed by atoms with Crippen molar-refractivity contribution in [1.82, 2.24) is 10.1 Å². The molecule has 0 spiro atoms. The summed E-state index contributed by atoms with van der Waals surface area (Å²) >= 11 is 7.60. The number of aromatic nitrogens is 2. The van der Waals surface area contributed by atoms with Gasteiger partial charge in [-0.25, -0.2) is 0 Å². The number of nitrogens with zero attached hydrogens (tertiary/aromatic N) is 2. The normalized spacial score (nSPS) is 12.6. The summed E-state index contributed by atoms with van der Waals surface area (Å²) in [5.74, 6) is 2.97. The van der Waals surface area contributed by atoms with Crippen LogP contribution in [0.25, 0.3) is 11.5 Å². The van der Waals surface area contributed by atoms with E-state index < -0.39 is 0 Å². The third-order valence-electron chi connectivity index (χ3n) is 2.48. The van der Waals surface area contributed by atoms with Crippen molar-refractivity contribution in [2.45, 2.75) is 12.7 Å². The average Bonchev–Trinajstić information content (AvgIpc) is 2.87. The van der Waals surface area contributed by atoms with Gasteiger partial charge in [0.15, 0.2) is 5.82 Å². The summed E-state index contributed by atoms with van der Waals surface area (Å²) in [5.41, 5.74) is 0.819. The Kier molecular flexibility index (Phi) is 5.24. The lowest BCUT2D eigenvalue weighted by Crippen LogP contribution is -2.03. The number of thioether (sulfide) groups is 1. The number of aliphatic hydroxyl groups excluding tert-OH is 1. The third kappa shape index (κ3) is 4.23. The fourth-order valence-corrected chi connectivity index (χ4v) is 2.57. The molecule has 6 heteroatoms. The van der Waals surface area contributed by atoms with E-state index in [4.69, 9.17) is 21.2 Å². The minimum Gasteiger partial charge on any atom is -0.396 e. The fraction of sp³-hybridized carbons (Fsp3) is 0.385. The molecule has 102 valence electrons. The number of benzene rings is 1. The molecule has 0 aliphatic carbocycles. The monoisotopic (exact) mass is 298 g/mol. The van der Waals surface area contributed by atoms with Crippen LogP contribution in [0.4, 0.5) is 0 Å². The zero-order valence-corrected chi connectivity index (χ0v) is 12.1. The molecular formula is C13H15ClN2O2S. The van der Waals surface area contributed by atoms with E-state index in [-0.39, 0.29) is 12.5 Å². The van der Waals surface area contributed by atoms with Crippen LogP contribution in [0.5, 0.6) is 0 Å². The molecule has 1 N–H and O–H groups in total. The van der Waals surface area contributed by atoms with E-state index in [2.05, 4.69) is 10.1 Å². The second-order valence-electron chi connectivity index (χ2n) is 4.33. The molecule has 0 amide bonds. The van der Waals surface area contributed by atoms with E-state index in [0.29, 0.717) is 22.5 Å². The molecule has 0 radical (unpaired) electrons. The molecule has 1 aromatic carbocycles. The summed E-state index contributed by atoms with van der Waals surface area (Å²) in [7, 11) is 0. The Labute approximate surface area is 121 Å². The van der Waals surface area contributed by atoms with Crippen molar-refractivity contribution < 1.29 is 9.63 Å².